The summed E-state index contributed by atoms with van der Waals surface area (Å²) in [6.07, 6.45) is 0.346. The van der Waals surface area contributed by atoms with Crippen LogP contribution < -0.4 is 15.2 Å². The summed E-state index contributed by atoms with van der Waals surface area (Å²) < 4.78 is 10.6. The first-order valence-corrected chi connectivity index (χ1v) is 8.90. The number of ether oxygens (including phenoxy) is 2. The molecule has 0 unspecified atom stereocenters. The van der Waals surface area contributed by atoms with Gasteiger partial charge in [0.2, 0.25) is 5.91 Å². The number of nitrogens with zero attached hydrogens (tertiary/aromatic N) is 1. The molecule has 1 saturated heterocycles. The molecule has 27 heavy (non-hydrogen) atoms. The van der Waals surface area contributed by atoms with E-state index in [9.17, 15) is 4.79 Å². The van der Waals surface area contributed by atoms with Crippen LogP contribution in [0.4, 0.5) is 0 Å². The van der Waals surface area contributed by atoms with Gasteiger partial charge < -0.3 is 20.1 Å². The Bertz CT molecular complexity index is 754. The molecule has 1 fully saturated rings. The minimum absolute atomic E-state index is 0. The van der Waals surface area contributed by atoms with Crippen molar-refractivity contribution in [1.82, 2.24) is 4.90 Å². The van der Waals surface area contributed by atoms with Gasteiger partial charge in [-0.15, -0.1) is 12.4 Å². The van der Waals surface area contributed by atoms with Crippen LogP contribution in [0.3, 0.4) is 0 Å². The molecule has 0 bridgehead atoms. The van der Waals surface area contributed by atoms with Crippen molar-refractivity contribution in [2.45, 2.75) is 12.3 Å². The fourth-order valence-electron chi connectivity index (χ4n) is 3.67. The molecule has 1 aliphatic heterocycles. The molecule has 0 aliphatic carbocycles. The Morgan fingerprint density at radius 2 is 1.78 bits per heavy atom. The van der Waals surface area contributed by atoms with Gasteiger partial charge in [-0.05, 0) is 35.7 Å². The number of hydrogen-bond acceptors (Lipinski definition) is 4. The van der Waals surface area contributed by atoms with Gasteiger partial charge in [0, 0.05) is 19.0 Å². The Morgan fingerprint density at radius 3 is 2.41 bits per heavy atom. The van der Waals surface area contributed by atoms with Gasteiger partial charge in [-0.2, -0.15) is 0 Å². The SMILES string of the molecule is COc1ccc(CC(=O)N2C[C@@H](CN)[C@H](c3ccccc3)C2)cc1OC.Cl. The van der Waals surface area contributed by atoms with Crippen molar-refractivity contribution < 1.29 is 14.3 Å². The summed E-state index contributed by atoms with van der Waals surface area (Å²) >= 11 is 0. The highest BCUT2D eigenvalue weighted by molar-refractivity contribution is 5.85. The number of likely N-dealkylation sites (tertiary alicyclic amines) is 1. The van der Waals surface area contributed by atoms with E-state index in [1.807, 2.05) is 41.3 Å². The number of rotatable bonds is 6. The fourth-order valence-corrected chi connectivity index (χ4v) is 3.67. The number of amides is 1. The van der Waals surface area contributed by atoms with E-state index >= 15 is 0 Å². The number of carbonyl (C=O) groups is 1. The zero-order valence-corrected chi connectivity index (χ0v) is 16.6. The van der Waals surface area contributed by atoms with Gasteiger partial charge in [0.05, 0.1) is 20.6 Å². The predicted molar refractivity (Wildman–Crippen MR) is 109 cm³/mol. The van der Waals surface area contributed by atoms with Crippen LogP contribution in [0.15, 0.2) is 48.5 Å². The number of hydrogen-bond donors (Lipinski definition) is 1. The summed E-state index contributed by atoms with van der Waals surface area (Å²) in [6, 6.07) is 15.9. The number of halogens is 1. The van der Waals surface area contributed by atoms with Crippen molar-refractivity contribution in [2.75, 3.05) is 33.9 Å². The van der Waals surface area contributed by atoms with Gasteiger partial charge >= 0.3 is 0 Å². The molecule has 0 spiro atoms. The molecule has 0 radical (unpaired) electrons. The minimum Gasteiger partial charge on any atom is -0.493 e. The van der Waals surface area contributed by atoms with Crippen LogP contribution in [0.1, 0.15) is 17.0 Å². The zero-order chi connectivity index (χ0) is 18.5. The van der Waals surface area contributed by atoms with E-state index in [-0.39, 0.29) is 18.3 Å². The van der Waals surface area contributed by atoms with Gasteiger partial charge in [0.25, 0.3) is 0 Å². The highest BCUT2D eigenvalue weighted by Crippen LogP contribution is 2.33. The van der Waals surface area contributed by atoms with Crippen LogP contribution in [0.25, 0.3) is 0 Å². The monoisotopic (exact) mass is 390 g/mol. The summed E-state index contributed by atoms with van der Waals surface area (Å²) in [5, 5.41) is 0. The Morgan fingerprint density at radius 1 is 1.07 bits per heavy atom. The van der Waals surface area contributed by atoms with E-state index in [0.29, 0.717) is 42.8 Å². The first kappa shape index (κ1) is 21.1. The third-order valence-corrected chi connectivity index (χ3v) is 5.13. The smallest absolute Gasteiger partial charge is 0.227 e. The van der Waals surface area contributed by atoms with Crippen LogP contribution in [-0.4, -0.2) is 44.7 Å². The summed E-state index contributed by atoms with van der Waals surface area (Å²) in [4.78, 5) is 14.8. The molecular formula is C21H27ClN2O3. The van der Waals surface area contributed by atoms with Crippen molar-refractivity contribution in [3.63, 3.8) is 0 Å². The summed E-state index contributed by atoms with van der Waals surface area (Å²) in [5.74, 6) is 2.02. The zero-order valence-electron chi connectivity index (χ0n) is 15.8. The maximum absolute atomic E-state index is 12.8. The highest BCUT2D eigenvalue weighted by atomic mass is 35.5. The Labute approximate surface area is 166 Å². The third kappa shape index (κ3) is 4.73. The van der Waals surface area contributed by atoms with Crippen LogP contribution in [0.5, 0.6) is 11.5 Å². The van der Waals surface area contributed by atoms with Crippen LogP contribution in [0.2, 0.25) is 0 Å². The highest BCUT2D eigenvalue weighted by Gasteiger charge is 2.35. The quantitative estimate of drug-likeness (QED) is 0.823. The van der Waals surface area contributed by atoms with E-state index in [0.717, 1.165) is 12.1 Å². The summed E-state index contributed by atoms with van der Waals surface area (Å²) in [5.41, 5.74) is 8.15. The summed E-state index contributed by atoms with van der Waals surface area (Å²) in [7, 11) is 3.20. The fraction of sp³-hybridized carbons (Fsp3) is 0.381. The Balaban J connectivity index is 0.00000261. The molecule has 1 aliphatic rings. The van der Waals surface area contributed by atoms with Gasteiger partial charge in [-0.25, -0.2) is 0 Å². The molecule has 2 N–H and O–H groups in total. The summed E-state index contributed by atoms with van der Waals surface area (Å²) in [6.45, 7) is 2.01. The van der Waals surface area contributed by atoms with Crippen molar-refractivity contribution in [1.29, 1.82) is 0 Å². The molecular weight excluding hydrogens is 364 g/mol. The van der Waals surface area contributed by atoms with E-state index in [2.05, 4.69) is 12.1 Å². The third-order valence-electron chi connectivity index (χ3n) is 5.13. The van der Waals surface area contributed by atoms with Gasteiger partial charge in [0.1, 0.15) is 0 Å². The van der Waals surface area contributed by atoms with E-state index < -0.39 is 0 Å². The molecule has 3 rings (SSSR count). The normalized spacial score (nSPS) is 18.7. The molecule has 1 heterocycles. The van der Waals surface area contributed by atoms with Crippen molar-refractivity contribution in [2.24, 2.45) is 11.7 Å². The number of nitrogens with two attached hydrogens (primary N) is 1. The lowest BCUT2D eigenvalue weighted by Gasteiger charge is -2.17. The molecule has 1 amide bonds. The molecule has 0 saturated carbocycles. The van der Waals surface area contributed by atoms with Gasteiger partial charge in [-0.3, -0.25) is 4.79 Å². The molecule has 2 atom stereocenters. The lowest BCUT2D eigenvalue weighted by Crippen LogP contribution is -2.31. The van der Waals surface area contributed by atoms with Gasteiger partial charge in [0.15, 0.2) is 11.5 Å². The van der Waals surface area contributed by atoms with Crippen LogP contribution >= 0.6 is 12.4 Å². The second-order valence-electron chi connectivity index (χ2n) is 6.68. The lowest BCUT2D eigenvalue weighted by atomic mass is 9.89. The Kier molecular flexibility index (Phi) is 7.51. The lowest BCUT2D eigenvalue weighted by molar-refractivity contribution is -0.129. The molecule has 146 valence electrons. The average molecular weight is 391 g/mol. The number of carbonyl (C=O) groups excluding carboxylic acids is 1. The van der Waals surface area contributed by atoms with E-state index in [1.54, 1.807) is 14.2 Å². The minimum atomic E-state index is 0. The average Bonchev–Trinajstić information content (AvgIpc) is 3.13. The Hall–Kier alpha value is -2.24. The second-order valence-corrected chi connectivity index (χ2v) is 6.68. The topological polar surface area (TPSA) is 64.8 Å². The van der Waals surface area contributed by atoms with Crippen LogP contribution in [0, 0.1) is 5.92 Å². The molecule has 5 nitrogen and oxygen atoms in total. The molecule has 0 aromatic heterocycles. The predicted octanol–water partition coefficient (Wildman–Crippen LogP) is 2.87. The van der Waals surface area contributed by atoms with Crippen LogP contribution in [-0.2, 0) is 11.2 Å². The van der Waals surface area contributed by atoms with Crippen molar-refractivity contribution >= 4 is 18.3 Å². The van der Waals surface area contributed by atoms with Crippen molar-refractivity contribution in [3.8, 4) is 11.5 Å². The second kappa shape index (κ2) is 9.62. The van der Waals surface area contributed by atoms with Crippen molar-refractivity contribution in [3.05, 3.63) is 59.7 Å². The number of benzene rings is 2. The maximum atomic E-state index is 12.8. The van der Waals surface area contributed by atoms with E-state index in [4.69, 9.17) is 15.2 Å². The largest absolute Gasteiger partial charge is 0.493 e. The first-order chi connectivity index (χ1) is 12.7. The van der Waals surface area contributed by atoms with Gasteiger partial charge in [-0.1, -0.05) is 36.4 Å². The first-order valence-electron chi connectivity index (χ1n) is 8.90. The molecule has 2 aromatic carbocycles. The standard InChI is InChI=1S/C21H26N2O3.ClH/c1-25-19-9-8-15(10-20(19)26-2)11-21(24)23-13-17(12-22)18(14-23)16-6-4-3-5-7-16;/h3-10,17-18H,11-14,22H2,1-2H3;1H/t17-,18+;/m1./s1. The maximum Gasteiger partial charge on any atom is 0.227 e. The molecule has 2 aromatic rings. The van der Waals surface area contributed by atoms with E-state index in [1.165, 1.54) is 5.56 Å². The number of methoxy groups -OCH3 is 2. The molecule has 6 heteroatoms.